The molecule has 3 nitrogen and oxygen atoms in total. The van der Waals surface area contributed by atoms with E-state index in [1.165, 1.54) is 22.1 Å². The van der Waals surface area contributed by atoms with Crippen molar-refractivity contribution in [3.05, 3.63) is 72.1 Å². The van der Waals surface area contributed by atoms with E-state index in [1.807, 2.05) is 36.7 Å². The topological polar surface area (TPSA) is 38.9 Å². The molecule has 0 unspecified atom stereocenters. The molecular weight excluding hydrogens is 320 g/mol. The van der Waals surface area contributed by atoms with Crippen molar-refractivity contribution in [3.63, 3.8) is 0 Å². The van der Waals surface area contributed by atoms with Crippen LogP contribution < -0.4 is 0 Å². The monoisotopic (exact) mass is 336 g/mol. The minimum atomic E-state index is -0.124. The Morgan fingerprint density at radius 2 is 1.77 bits per heavy atom. The van der Waals surface area contributed by atoms with Gasteiger partial charge in [0, 0.05) is 39.5 Å². The summed E-state index contributed by atoms with van der Waals surface area (Å²) < 4.78 is 6.32. The Balaban J connectivity index is 1.84. The van der Waals surface area contributed by atoms with E-state index in [2.05, 4.69) is 48.1 Å². The minimum Gasteiger partial charge on any atom is -0.455 e. The second-order valence-electron chi connectivity index (χ2n) is 7.51. The first-order valence-corrected chi connectivity index (χ1v) is 8.85. The van der Waals surface area contributed by atoms with Crippen LogP contribution in [-0.4, -0.2) is 9.97 Å². The van der Waals surface area contributed by atoms with Crippen LogP contribution in [0.2, 0.25) is 0 Å². The van der Waals surface area contributed by atoms with E-state index < -0.39 is 0 Å². The molecule has 5 aromatic rings. The number of aromatic nitrogens is 2. The van der Waals surface area contributed by atoms with Crippen molar-refractivity contribution in [2.75, 3.05) is 0 Å². The maximum atomic E-state index is 6.32. The van der Waals surface area contributed by atoms with Gasteiger partial charge in [-0.05, 0) is 41.5 Å². The van der Waals surface area contributed by atoms with E-state index in [1.54, 1.807) is 0 Å². The van der Waals surface area contributed by atoms with Crippen molar-refractivity contribution in [3.8, 4) is 11.3 Å². The lowest BCUT2D eigenvalue weighted by Crippen LogP contribution is -2.15. The van der Waals surface area contributed by atoms with Crippen LogP contribution in [0.1, 0.15) is 25.0 Å². The summed E-state index contributed by atoms with van der Waals surface area (Å²) in [5.41, 5.74) is 7.51. The Kier molecular flexibility index (Phi) is 2.42. The molecule has 0 saturated carbocycles. The first-order valence-electron chi connectivity index (χ1n) is 8.85. The Hall–Kier alpha value is -3.20. The van der Waals surface area contributed by atoms with Crippen LogP contribution in [0.25, 0.3) is 44.1 Å². The van der Waals surface area contributed by atoms with Gasteiger partial charge in [0.05, 0.1) is 11.2 Å². The van der Waals surface area contributed by atoms with Gasteiger partial charge in [-0.25, -0.2) is 0 Å². The quantitative estimate of drug-likeness (QED) is 0.357. The maximum Gasteiger partial charge on any atom is 0.146 e. The normalized spacial score (nSPS) is 14.8. The van der Waals surface area contributed by atoms with Gasteiger partial charge >= 0.3 is 0 Å². The summed E-state index contributed by atoms with van der Waals surface area (Å²) in [7, 11) is 0. The molecule has 0 radical (unpaired) electrons. The van der Waals surface area contributed by atoms with E-state index in [0.29, 0.717) is 0 Å². The number of hydrogen-bond acceptors (Lipinski definition) is 3. The molecule has 3 heterocycles. The van der Waals surface area contributed by atoms with Gasteiger partial charge < -0.3 is 4.42 Å². The molecule has 0 spiro atoms. The highest BCUT2D eigenvalue weighted by Gasteiger charge is 2.38. The van der Waals surface area contributed by atoms with Crippen LogP contribution in [0.4, 0.5) is 0 Å². The molecule has 2 aromatic carbocycles. The SMILES string of the molecule is CC1(C)c2cccnc2-c2ccc3oc4c5ccccc5ncc4c3c21. The number of furan rings is 1. The molecule has 1 aliphatic carbocycles. The number of rotatable bonds is 0. The van der Waals surface area contributed by atoms with Crippen molar-refractivity contribution in [2.45, 2.75) is 19.3 Å². The predicted molar refractivity (Wildman–Crippen MR) is 104 cm³/mol. The highest BCUT2D eigenvalue weighted by Crippen LogP contribution is 2.52. The number of pyridine rings is 2. The molecule has 26 heavy (non-hydrogen) atoms. The van der Waals surface area contributed by atoms with Crippen LogP contribution in [-0.2, 0) is 5.41 Å². The molecule has 0 bridgehead atoms. The van der Waals surface area contributed by atoms with Gasteiger partial charge in [0.2, 0.25) is 0 Å². The fourth-order valence-corrected chi connectivity index (χ4v) is 4.56. The van der Waals surface area contributed by atoms with Crippen LogP contribution in [0, 0.1) is 0 Å². The molecule has 1 aliphatic rings. The van der Waals surface area contributed by atoms with Gasteiger partial charge in [-0.15, -0.1) is 0 Å². The molecule has 0 aliphatic heterocycles. The molecule has 0 amide bonds. The van der Waals surface area contributed by atoms with Crippen LogP contribution in [0.5, 0.6) is 0 Å². The van der Waals surface area contributed by atoms with Gasteiger partial charge in [0.15, 0.2) is 0 Å². The summed E-state index contributed by atoms with van der Waals surface area (Å²) in [5, 5.41) is 3.30. The molecule has 0 N–H and O–H groups in total. The highest BCUT2D eigenvalue weighted by molar-refractivity contribution is 6.16. The average Bonchev–Trinajstić information content (AvgIpc) is 3.16. The summed E-state index contributed by atoms with van der Waals surface area (Å²) in [6.07, 6.45) is 3.83. The number of nitrogens with zero attached hydrogens (tertiary/aromatic N) is 2. The first-order chi connectivity index (χ1) is 12.7. The number of fused-ring (bicyclic) bond motifs is 9. The van der Waals surface area contributed by atoms with Crippen LogP contribution in [0.15, 0.2) is 65.3 Å². The predicted octanol–water partition coefficient (Wildman–Crippen LogP) is 5.84. The van der Waals surface area contributed by atoms with Crippen LogP contribution in [0.3, 0.4) is 0 Å². The first kappa shape index (κ1) is 14.0. The average molecular weight is 336 g/mol. The van der Waals surface area contributed by atoms with Gasteiger partial charge in [0.1, 0.15) is 11.2 Å². The highest BCUT2D eigenvalue weighted by atomic mass is 16.3. The Bertz CT molecular complexity index is 1360. The van der Waals surface area contributed by atoms with E-state index >= 15 is 0 Å². The van der Waals surface area contributed by atoms with E-state index in [9.17, 15) is 0 Å². The molecule has 6 rings (SSSR count). The number of benzene rings is 2. The molecule has 0 saturated heterocycles. The van der Waals surface area contributed by atoms with Crippen molar-refractivity contribution < 1.29 is 4.42 Å². The third-order valence-electron chi connectivity index (χ3n) is 5.74. The van der Waals surface area contributed by atoms with Crippen molar-refractivity contribution >= 4 is 32.8 Å². The summed E-state index contributed by atoms with van der Waals surface area (Å²) in [4.78, 5) is 9.35. The lowest BCUT2D eigenvalue weighted by Gasteiger charge is -2.21. The van der Waals surface area contributed by atoms with Gasteiger partial charge in [-0.3, -0.25) is 9.97 Å². The molecule has 3 aromatic heterocycles. The second-order valence-corrected chi connectivity index (χ2v) is 7.51. The third-order valence-corrected chi connectivity index (χ3v) is 5.74. The van der Waals surface area contributed by atoms with Gasteiger partial charge in [0.25, 0.3) is 0 Å². The van der Waals surface area contributed by atoms with Gasteiger partial charge in [-0.2, -0.15) is 0 Å². The molecular formula is C23H16N2O. The molecule has 0 fully saturated rings. The third kappa shape index (κ3) is 1.54. The second kappa shape index (κ2) is 4.50. The Morgan fingerprint density at radius 1 is 0.885 bits per heavy atom. The van der Waals surface area contributed by atoms with E-state index in [0.717, 1.165) is 33.1 Å². The lowest BCUT2D eigenvalue weighted by molar-refractivity contribution is 0.657. The summed E-state index contributed by atoms with van der Waals surface area (Å²) >= 11 is 0. The summed E-state index contributed by atoms with van der Waals surface area (Å²) in [6, 6.07) is 16.6. The largest absolute Gasteiger partial charge is 0.455 e. The van der Waals surface area contributed by atoms with Crippen molar-refractivity contribution in [1.29, 1.82) is 0 Å². The molecule has 0 atom stereocenters. The fourth-order valence-electron chi connectivity index (χ4n) is 4.56. The van der Waals surface area contributed by atoms with Crippen LogP contribution >= 0.6 is 0 Å². The summed E-state index contributed by atoms with van der Waals surface area (Å²) in [5.74, 6) is 0. The fraction of sp³-hybridized carbons (Fsp3) is 0.130. The van der Waals surface area contributed by atoms with E-state index in [-0.39, 0.29) is 5.41 Å². The zero-order chi connectivity index (χ0) is 17.5. The Labute approximate surface area is 150 Å². The smallest absolute Gasteiger partial charge is 0.146 e. The summed E-state index contributed by atoms with van der Waals surface area (Å²) in [6.45, 7) is 4.54. The Morgan fingerprint density at radius 3 is 2.69 bits per heavy atom. The van der Waals surface area contributed by atoms with Crippen molar-refractivity contribution in [2.24, 2.45) is 0 Å². The standard InChI is InChI=1S/C23H16N2O/c1-23(2)16-7-5-11-24-21(16)14-9-10-18-19(20(14)23)15-12-25-17-8-4-3-6-13(17)22(15)26-18/h3-12H,1-2H3. The minimum absolute atomic E-state index is 0.124. The van der Waals surface area contributed by atoms with Gasteiger partial charge in [-0.1, -0.05) is 32.0 Å². The zero-order valence-corrected chi connectivity index (χ0v) is 14.6. The number of hydrogen-bond donors (Lipinski definition) is 0. The molecule has 124 valence electrons. The van der Waals surface area contributed by atoms with Crippen molar-refractivity contribution in [1.82, 2.24) is 9.97 Å². The number of para-hydroxylation sites is 1. The zero-order valence-electron chi connectivity index (χ0n) is 14.6. The van der Waals surface area contributed by atoms with E-state index in [4.69, 9.17) is 4.42 Å². The maximum absolute atomic E-state index is 6.32. The lowest BCUT2D eigenvalue weighted by atomic mass is 9.81. The molecule has 3 heteroatoms.